The molecule has 1 heterocycles. The van der Waals surface area contributed by atoms with Crippen LogP contribution in [0.4, 0.5) is 0 Å². The molecule has 4 aromatic rings. The first-order chi connectivity index (χ1) is 13.6. The van der Waals surface area contributed by atoms with Crippen LogP contribution < -0.4 is 0 Å². The van der Waals surface area contributed by atoms with Gasteiger partial charge in [-0.05, 0) is 42.0 Å². The molecule has 0 amide bonds. The zero-order valence-corrected chi connectivity index (χ0v) is 16.5. The van der Waals surface area contributed by atoms with Crippen LogP contribution >= 0.6 is 23.2 Å². The number of imidazole rings is 1. The van der Waals surface area contributed by atoms with Crippen LogP contribution in [0.15, 0.2) is 66.7 Å². The molecule has 1 aromatic heterocycles. The molecule has 0 radical (unpaired) electrons. The van der Waals surface area contributed by atoms with E-state index in [0.29, 0.717) is 27.7 Å². The van der Waals surface area contributed by atoms with Crippen LogP contribution in [-0.4, -0.2) is 22.6 Å². The second-order valence-corrected chi connectivity index (χ2v) is 7.15. The molecule has 4 nitrogen and oxygen atoms in total. The number of carbonyl (C=O) groups excluding carboxylic acids is 1. The Kier molecular flexibility index (Phi) is 5.07. The largest absolute Gasteiger partial charge is 0.465 e. The van der Waals surface area contributed by atoms with Crippen LogP contribution in [0.5, 0.6) is 0 Å². The fourth-order valence-corrected chi connectivity index (χ4v) is 3.45. The van der Waals surface area contributed by atoms with Gasteiger partial charge in [0.25, 0.3) is 0 Å². The van der Waals surface area contributed by atoms with Gasteiger partial charge in [-0.25, -0.2) is 9.78 Å². The monoisotopic (exact) mass is 410 g/mol. The fraction of sp³-hybridized carbons (Fsp3) is 0.0909. The van der Waals surface area contributed by atoms with E-state index in [-0.39, 0.29) is 0 Å². The molecule has 28 heavy (non-hydrogen) atoms. The molecule has 0 bridgehead atoms. The highest BCUT2D eigenvalue weighted by Gasteiger charge is 2.16. The van der Waals surface area contributed by atoms with Gasteiger partial charge in [0.05, 0.1) is 33.8 Å². The summed E-state index contributed by atoms with van der Waals surface area (Å²) in [6, 6.07) is 20.9. The van der Waals surface area contributed by atoms with Crippen molar-refractivity contribution in [1.29, 1.82) is 0 Å². The fourth-order valence-electron chi connectivity index (χ4n) is 3.16. The predicted octanol–water partition coefficient (Wildman–Crippen LogP) is 5.85. The van der Waals surface area contributed by atoms with Gasteiger partial charge >= 0.3 is 5.97 Å². The van der Waals surface area contributed by atoms with Gasteiger partial charge in [-0.15, -0.1) is 0 Å². The molecule has 0 fully saturated rings. The van der Waals surface area contributed by atoms with E-state index in [4.69, 9.17) is 32.9 Å². The zero-order valence-electron chi connectivity index (χ0n) is 15.0. The van der Waals surface area contributed by atoms with Gasteiger partial charge in [0.2, 0.25) is 0 Å². The molecule has 0 saturated heterocycles. The number of methoxy groups -OCH3 is 1. The van der Waals surface area contributed by atoms with Crippen LogP contribution in [0.3, 0.4) is 0 Å². The summed E-state index contributed by atoms with van der Waals surface area (Å²) in [5, 5.41) is 0.955. The smallest absolute Gasteiger partial charge is 0.337 e. The highest BCUT2D eigenvalue weighted by molar-refractivity contribution is 6.42. The van der Waals surface area contributed by atoms with Crippen LogP contribution in [0.25, 0.3) is 22.4 Å². The summed E-state index contributed by atoms with van der Waals surface area (Å²) >= 11 is 12.3. The quantitative estimate of drug-likeness (QED) is 0.396. The van der Waals surface area contributed by atoms with Crippen molar-refractivity contribution in [2.75, 3.05) is 7.11 Å². The maximum Gasteiger partial charge on any atom is 0.337 e. The van der Waals surface area contributed by atoms with Crippen molar-refractivity contribution in [1.82, 2.24) is 9.55 Å². The lowest BCUT2D eigenvalue weighted by Gasteiger charge is -2.10. The lowest BCUT2D eigenvalue weighted by atomic mass is 10.1. The van der Waals surface area contributed by atoms with Gasteiger partial charge in [0.15, 0.2) is 0 Å². The molecule has 140 valence electrons. The second-order valence-electron chi connectivity index (χ2n) is 6.33. The molecule has 0 spiro atoms. The average Bonchev–Trinajstić information content (AvgIpc) is 3.08. The third-order valence-electron chi connectivity index (χ3n) is 4.53. The summed E-state index contributed by atoms with van der Waals surface area (Å²) in [6.45, 7) is 0.629. The number of carbonyl (C=O) groups is 1. The average molecular weight is 411 g/mol. The Bertz CT molecular complexity index is 1170. The Morgan fingerprint density at radius 3 is 2.50 bits per heavy atom. The van der Waals surface area contributed by atoms with E-state index in [2.05, 4.69) is 16.7 Å². The minimum absolute atomic E-state index is 0.393. The maximum absolute atomic E-state index is 11.9. The molecule has 0 unspecified atom stereocenters. The lowest BCUT2D eigenvalue weighted by Crippen LogP contribution is -2.03. The van der Waals surface area contributed by atoms with Gasteiger partial charge in [-0.1, -0.05) is 53.5 Å². The van der Waals surface area contributed by atoms with E-state index in [1.54, 1.807) is 24.3 Å². The van der Waals surface area contributed by atoms with Crippen molar-refractivity contribution in [2.45, 2.75) is 6.54 Å². The van der Waals surface area contributed by atoms with E-state index in [9.17, 15) is 4.79 Å². The first kappa shape index (κ1) is 18.5. The topological polar surface area (TPSA) is 44.1 Å². The van der Waals surface area contributed by atoms with Gasteiger partial charge in [-0.2, -0.15) is 0 Å². The third kappa shape index (κ3) is 3.49. The predicted molar refractivity (Wildman–Crippen MR) is 112 cm³/mol. The molecule has 4 rings (SSSR count). The summed E-state index contributed by atoms with van der Waals surface area (Å²) in [5.74, 6) is 0.357. The number of aromatic nitrogens is 2. The van der Waals surface area contributed by atoms with Crippen molar-refractivity contribution in [2.24, 2.45) is 0 Å². The standard InChI is InChI=1S/C22H16Cl2N2O2/c1-28-22(27)16-8-10-20-19(12-16)25-21(15-7-9-17(23)18(24)11-15)26(20)13-14-5-3-2-4-6-14/h2-12H,13H2,1H3. The number of benzene rings is 3. The van der Waals surface area contributed by atoms with E-state index in [1.807, 2.05) is 30.3 Å². The molecular formula is C22H16Cl2N2O2. The minimum atomic E-state index is -0.393. The maximum atomic E-state index is 11.9. The minimum Gasteiger partial charge on any atom is -0.465 e. The number of esters is 1. The summed E-state index contributed by atoms with van der Waals surface area (Å²) in [7, 11) is 1.36. The molecule has 0 aliphatic rings. The molecule has 0 N–H and O–H groups in total. The second kappa shape index (κ2) is 7.66. The van der Waals surface area contributed by atoms with Crippen LogP contribution in [0, 0.1) is 0 Å². The number of fused-ring (bicyclic) bond motifs is 1. The molecule has 3 aromatic carbocycles. The first-order valence-corrected chi connectivity index (χ1v) is 9.40. The SMILES string of the molecule is COC(=O)c1ccc2c(c1)nc(-c1ccc(Cl)c(Cl)c1)n2Cc1ccccc1. The van der Waals surface area contributed by atoms with Crippen LogP contribution in [-0.2, 0) is 11.3 Å². The third-order valence-corrected chi connectivity index (χ3v) is 5.27. The summed E-state index contributed by atoms with van der Waals surface area (Å²) in [6.07, 6.45) is 0. The Hall–Kier alpha value is -2.82. The molecule has 0 aliphatic heterocycles. The highest BCUT2D eigenvalue weighted by atomic mass is 35.5. The number of hydrogen-bond donors (Lipinski definition) is 0. The van der Waals surface area contributed by atoms with Crippen molar-refractivity contribution in [3.63, 3.8) is 0 Å². The van der Waals surface area contributed by atoms with E-state index in [0.717, 1.165) is 22.5 Å². The lowest BCUT2D eigenvalue weighted by molar-refractivity contribution is 0.0601. The van der Waals surface area contributed by atoms with Crippen molar-refractivity contribution < 1.29 is 9.53 Å². The number of hydrogen-bond acceptors (Lipinski definition) is 3. The number of ether oxygens (including phenoxy) is 1. The van der Waals surface area contributed by atoms with Gasteiger partial charge in [0.1, 0.15) is 5.82 Å². The van der Waals surface area contributed by atoms with Crippen LogP contribution in [0.2, 0.25) is 10.0 Å². The van der Waals surface area contributed by atoms with Gasteiger partial charge in [0, 0.05) is 12.1 Å². The summed E-state index contributed by atoms with van der Waals surface area (Å²) in [5.41, 5.74) is 4.07. The molecule has 0 atom stereocenters. The Labute approximate surface area is 172 Å². The first-order valence-electron chi connectivity index (χ1n) is 8.65. The Balaban J connectivity index is 1.91. The van der Waals surface area contributed by atoms with Crippen molar-refractivity contribution >= 4 is 40.2 Å². The van der Waals surface area contributed by atoms with E-state index in [1.165, 1.54) is 7.11 Å². The van der Waals surface area contributed by atoms with Gasteiger partial charge < -0.3 is 9.30 Å². The highest BCUT2D eigenvalue weighted by Crippen LogP contribution is 2.31. The summed E-state index contributed by atoms with van der Waals surface area (Å²) in [4.78, 5) is 16.7. The summed E-state index contributed by atoms with van der Waals surface area (Å²) < 4.78 is 6.93. The number of nitrogens with zero attached hydrogens (tertiary/aromatic N) is 2. The normalized spacial score (nSPS) is 11.0. The molecule has 0 aliphatic carbocycles. The Morgan fingerprint density at radius 2 is 1.79 bits per heavy atom. The Morgan fingerprint density at radius 1 is 1.00 bits per heavy atom. The van der Waals surface area contributed by atoms with Gasteiger partial charge in [-0.3, -0.25) is 0 Å². The van der Waals surface area contributed by atoms with E-state index < -0.39 is 5.97 Å². The zero-order chi connectivity index (χ0) is 19.7. The molecule has 0 saturated carbocycles. The van der Waals surface area contributed by atoms with Crippen molar-refractivity contribution in [3.8, 4) is 11.4 Å². The van der Waals surface area contributed by atoms with Crippen molar-refractivity contribution in [3.05, 3.63) is 87.9 Å². The molecular weight excluding hydrogens is 395 g/mol. The number of halogens is 2. The number of rotatable bonds is 4. The van der Waals surface area contributed by atoms with E-state index >= 15 is 0 Å². The van der Waals surface area contributed by atoms with Crippen LogP contribution in [0.1, 0.15) is 15.9 Å². The molecule has 6 heteroatoms.